The van der Waals surface area contributed by atoms with Gasteiger partial charge in [0, 0.05) is 18.8 Å². The van der Waals surface area contributed by atoms with Crippen LogP contribution in [-0.2, 0) is 7.05 Å². The summed E-state index contributed by atoms with van der Waals surface area (Å²) in [6.07, 6.45) is 7.01. The predicted octanol–water partition coefficient (Wildman–Crippen LogP) is 1.13. The molecule has 0 unspecified atom stereocenters. The van der Waals surface area contributed by atoms with Crippen molar-refractivity contribution in [2.75, 3.05) is 0 Å². The highest BCUT2D eigenvalue weighted by Crippen LogP contribution is 2.16. The van der Waals surface area contributed by atoms with Gasteiger partial charge in [0.15, 0.2) is 11.3 Å². The lowest BCUT2D eigenvalue weighted by molar-refractivity contribution is 0.768. The first-order chi connectivity index (χ1) is 8.22. The van der Waals surface area contributed by atoms with Gasteiger partial charge in [-0.15, -0.1) is 0 Å². The normalized spacial score (nSPS) is 10.9. The van der Waals surface area contributed by atoms with Crippen LogP contribution in [0, 0.1) is 6.92 Å². The molecule has 6 nitrogen and oxygen atoms in total. The third-order valence-electron chi connectivity index (χ3n) is 2.39. The van der Waals surface area contributed by atoms with Gasteiger partial charge >= 0.3 is 0 Å². The van der Waals surface area contributed by atoms with Crippen molar-refractivity contribution >= 4 is 11.3 Å². The molecule has 0 aliphatic rings. The van der Waals surface area contributed by atoms with E-state index in [1.54, 1.807) is 23.3 Å². The quantitative estimate of drug-likeness (QED) is 0.622. The third-order valence-corrected chi connectivity index (χ3v) is 2.39. The zero-order chi connectivity index (χ0) is 11.8. The lowest BCUT2D eigenvalue weighted by atomic mass is 10.3. The molecule has 0 aliphatic heterocycles. The zero-order valence-electron chi connectivity index (χ0n) is 9.49. The molecule has 0 saturated heterocycles. The molecule has 84 valence electrons. The molecule has 0 saturated carbocycles. The molecule has 0 fully saturated rings. The maximum absolute atomic E-state index is 4.41. The molecule has 3 aromatic rings. The van der Waals surface area contributed by atoms with Gasteiger partial charge in [0.1, 0.15) is 0 Å². The van der Waals surface area contributed by atoms with Gasteiger partial charge in [-0.25, -0.2) is 19.9 Å². The summed E-state index contributed by atoms with van der Waals surface area (Å²) in [4.78, 5) is 17.1. The number of fused-ring (bicyclic) bond motifs is 1. The molecule has 3 aromatic heterocycles. The molecular formula is C11H10N6. The average molecular weight is 226 g/mol. The summed E-state index contributed by atoms with van der Waals surface area (Å²) in [5.41, 5.74) is 3.63. The van der Waals surface area contributed by atoms with E-state index >= 15 is 0 Å². The fourth-order valence-electron chi connectivity index (χ4n) is 1.58. The van der Waals surface area contributed by atoms with Crippen LogP contribution < -0.4 is 0 Å². The molecular weight excluding hydrogens is 216 g/mol. The standard InChI is InChI=1S/C11H10N6/c1-7-3-12-11-10(15-7)13-5-9(16-11)8-4-14-17(2)6-8/h3-6H,1-2H3. The van der Waals surface area contributed by atoms with E-state index in [0.29, 0.717) is 11.3 Å². The van der Waals surface area contributed by atoms with Crippen molar-refractivity contribution in [3.63, 3.8) is 0 Å². The van der Waals surface area contributed by atoms with Crippen LogP contribution in [-0.4, -0.2) is 29.7 Å². The first kappa shape index (κ1) is 9.83. The first-order valence-electron chi connectivity index (χ1n) is 5.18. The van der Waals surface area contributed by atoms with Crippen molar-refractivity contribution in [2.45, 2.75) is 6.92 Å². The zero-order valence-corrected chi connectivity index (χ0v) is 9.49. The molecule has 0 radical (unpaired) electrons. The lowest BCUT2D eigenvalue weighted by Crippen LogP contribution is -1.94. The number of aromatic nitrogens is 6. The molecule has 6 heteroatoms. The SMILES string of the molecule is Cc1cnc2nc(-c3cnn(C)c3)cnc2n1. The van der Waals surface area contributed by atoms with Crippen LogP contribution in [0.25, 0.3) is 22.6 Å². The summed E-state index contributed by atoms with van der Waals surface area (Å²) in [6, 6.07) is 0. The van der Waals surface area contributed by atoms with Gasteiger partial charge < -0.3 is 0 Å². The molecule has 0 bridgehead atoms. The lowest BCUT2D eigenvalue weighted by Gasteiger charge is -1.99. The van der Waals surface area contributed by atoms with E-state index < -0.39 is 0 Å². The second-order valence-electron chi connectivity index (χ2n) is 3.82. The number of rotatable bonds is 1. The second-order valence-corrected chi connectivity index (χ2v) is 3.82. The van der Waals surface area contributed by atoms with Crippen LogP contribution in [0.1, 0.15) is 5.69 Å². The topological polar surface area (TPSA) is 69.4 Å². The van der Waals surface area contributed by atoms with Crippen LogP contribution >= 0.6 is 0 Å². The van der Waals surface area contributed by atoms with Crippen LogP contribution in [0.3, 0.4) is 0 Å². The smallest absolute Gasteiger partial charge is 0.198 e. The molecule has 0 N–H and O–H groups in total. The maximum Gasteiger partial charge on any atom is 0.198 e. The third kappa shape index (κ3) is 1.73. The summed E-state index contributed by atoms with van der Waals surface area (Å²) in [5.74, 6) is 0. The molecule has 0 aliphatic carbocycles. The molecule has 3 heterocycles. The van der Waals surface area contributed by atoms with E-state index in [4.69, 9.17) is 0 Å². The summed E-state index contributed by atoms with van der Waals surface area (Å²) in [7, 11) is 1.86. The second kappa shape index (κ2) is 3.58. The summed E-state index contributed by atoms with van der Waals surface area (Å²) in [6.45, 7) is 1.88. The molecule has 0 atom stereocenters. The van der Waals surface area contributed by atoms with Crippen molar-refractivity contribution in [2.24, 2.45) is 7.05 Å². The fourth-order valence-corrected chi connectivity index (χ4v) is 1.58. The number of nitrogens with zero attached hydrogens (tertiary/aromatic N) is 6. The van der Waals surface area contributed by atoms with Crippen molar-refractivity contribution in [1.82, 2.24) is 29.7 Å². The largest absolute Gasteiger partial charge is 0.275 e. The molecule has 0 aromatic carbocycles. The van der Waals surface area contributed by atoms with Crippen molar-refractivity contribution in [3.05, 3.63) is 30.5 Å². The Hall–Kier alpha value is -2.37. The Morgan fingerprint density at radius 3 is 2.53 bits per heavy atom. The highest BCUT2D eigenvalue weighted by atomic mass is 15.2. The van der Waals surface area contributed by atoms with E-state index in [0.717, 1.165) is 17.0 Å². The Labute approximate surface area is 97.4 Å². The van der Waals surface area contributed by atoms with E-state index in [-0.39, 0.29) is 0 Å². The summed E-state index contributed by atoms with van der Waals surface area (Å²) >= 11 is 0. The summed E-state index contributed by atoms with van der Waals surface area (Å²) in [5, 5.41) is 4.10. The van der Waals surface area contributed by atoms with Gasteiger partial charge in [-0.3, -0.25) is 4.68 Å². The Balaban J connectivity index is 2.16. The van der Waals surface area contributed by atoms with Crippen LogP contribution in [0.4, 0.5) is 0 Å². The van der Waals surface area contributed by atoms with Gasteiger partial charge in [0.2, 0.25) is 0 Å². The minimum atomic E-state index is 0.553. The summed E-state index contributed by atoms with van der Waals surface area (Å²) < 4.78 is 1.72. The Morgan fingerprint density at radius 2 is 1.76 bits per heavy atom. The predicted molar refractivity (Wildman–Crippen MR) is 62.1 cm³/mol. The van der Waals surface area contributed by atoms with Crippen molar-refractivity contribution in [3.8, 4) is 11.3 Å². The van der Waals surface area contributed by atoms with Crippen molar-refractivity contribution in [1.29, 1.82) is 0 Å². The maximum atomic E-state index is 4.41. The highest BCUT2D eigenvalue weighted by Gasteiger charge is 2.06. The average Bonchev–Trinajstić information content (AvgIpc) is 2.75. The molecule has 3 rings (SSSR count). The highest BCUT2D eigenvalue weighted by molar-refractivity contribution is 5.69. The van der Waals surface area contributed by atoms with E-state index in [1.165, 1.54) is 0 Å². The Bertz CT molecular complexity index is 687. The van der Waals surface area contributed by atoms with Crippen LogP contribution in [0.5, 0.6) is 0 Å². The van der Waals surface area contributed by atoms with Crippen LogP contribution in [0.2, 0.25) is 0 Å². The van der Waals surface area contributed by atoms with Gasteiger partial charge in [0.05, 0.1) is 30.0 Å². The van der Waals surface area contributed by atoms with E-state index in [2.05, 4.69) is 25.0 Å². The number of hydrogen-bond acceptors (Lipinski definition) is 5. The first-order valence-corrected chi connectivity index (χ1v) is 5.18. The monoisotopic (exact) mass is 226 g/mol. The minimum absolute atomic E-state index is 0.553. The molecule has 17 heavy (non-hydrogen) atoms. The van der Waals surface area contributed by atoms with E-state index in [9.17, 15) is 0 Å². The molecule has 0 amide bonds. The van der Waals surface area contributed by atoms with Gasteiger partial charge in [-0.05, 0) is 6.92 Å². The van der Waals surface area contributed by atoms with Crippen LogP contribution in [0.15, 0.2) is 24.8 Å². The minimum Gasteiger partial charge on any atom is -0.275 e. The van der Waals surface area contributed by atoms with Gasteiger partial charge in [-0.2, -0.15) is 5.10 Å². The Kier molecular flexibility index (Phi) is 2.07. The molecule has 0 spiro atoms. The van der Waals surface area contributed by atoms with E-state index in [1.807, 2.05) is 20.2 Å². The number of hydrogen-bond donors (Lipinski definition) is 0. The van der Waals surface area contributed by atoms with Crippen molar-refractivity contribution < 1.29 is 0 Å². The Morgan fingerprint density at radius 1 is 1.00 bits per heavy atom. The van der Waals surface area contributed by atoms with Gasteiger partial charge in [-0.1, -0.05) is 0 Å². The number of aryl methyl sites for hydroxylation is 2. The van der Waals surface area contributed by atoms with Gasteiger partial charge in [0.25, 0.3) is 0 Å². The fraction of sp³-hybridized carbons (Fsp3) is 0.182.